The molecule has 1 aromatic carbocycles. The number of likely N-dealkylation sites (tertiary alicyclic amines) is 2. The first-order valence-electron chi connectivity index (χ1n) is 9.23. The summed E-state index contributed by atoms with van der Waals surface area (Å²) in [7, 11) is 0. The minimum absolute atomic E-state index is 0.111. The van der Waals surface area contributed by atoms with Gasteiger partial charge in [-0.05, 0) is 49.3 Å². The molecule has 0 unspecified atom stereocenters. The first kappa shape index (κ1) is 17.9. The van der Waals surface area contributed by atoms with Crippen molar-refractivity contribution in [3.63, 3.8) is 0 Å². The predicted octanol–water partition coefficient (Wildman–Crippen LogP) is 3.33. The van der Waals surface area contributed by atoms with Crippen molar-refractivity contribution in [1.29, 1.82) is 0 Å². The molecule has 0 aliphatic carbocycles. The SMILES string of the molecule is O=C1CCC2(CN(C(=O)N3CCC(Cc4ccc(Cl)c(Cl)c4)CC3)C2)N1. The van der Waals surface area contributed by atoms with Gasteiger partial charge in [0.25, 0.3) is 0 Å². The van der Waals surface area contributed by atoms with Gasteiger partial charge in [-0.2, -0.15) is 0 Å². The number of benzene rings is 1. The van der Waals surface area contributed by atoms with E-state index in [0.717, 1.165) is 38.8 Å². The second-order valence-corrected chi connectivity index (χ2v) is 8.66. The van der Waals surface area contributed by atoms with Crippen LogP contribution in [0.1, 0.15) is 31.2 Å². The van der Waals surface area contributed by atoms with Crippen LogP contribution in [0.25, 0.3) is 0 Å². The van der Waals surface area contributed by atoms with E-state index in [1.165, 1.54) is 5.56 Å². The maximum absolute atomic E-state index is 12.7. The van der Waals surface area contributed by atoms with Crippen LogP contribution in [-0.2, 0) is 11.2 Å². The summed E-state index contributed by atoms with van der Waals surface area (Å²) < 4.78 is 0. The fourth-order valence-corrected chi connectivity index (χ4v) is 4.68. The third-order valence-corrected chi connectivity index (χ3v) is 6.63. The highest BCUT2D eigenvalue weighted by atomic mass is 35.5. The van der Waals surface area contributed by atoms with Crippen LogP contribution in [0.2, 0.25) is 10.0 Å². The van der Waals surface area contributed by atoms with Crippen molar-refractivity contribution in [1.82, 2.24) is 15.1 Å². The van der Waals surface area contributed by atoms with Gasteiger partial charge >= 0.3 is 6.03 Å². The van der Waals surface area contributed by atoms with Gasteiger partial charge in [0.1, 0.15) is 0 Å². The molecular formula is C19H23Cl2N3O2. The van der Waals surface area contributed by atoms with Crippen molar-refractivity contribution in [2.24, 2.45) is 5.92 Å². The number of carbonyl (C=O) groups is 2. The number of hydrogen-bond acceptors (Lipinski definition) is 2. The van der Waals surface area contributed by atoms with Crippen LogP contribution in [0.3, 0.4) is 0 Å². The van der Waals surface area contributed by atoms with Crippen LogP contribution in [-0.4, -0.2) is 53.5 Å². The van der Waals surface area contributed by atoms with E-state index < -0.39 is 0 Å². The molecule has 3 amide bonds. The Hall–Kier alpha value is -1.46. The van der Waals surface area contributed by atoms with E-state index in [0.29, 0.717) is 35.5 Å². The highest BCUT2D eigenvalue weighted by Crippen LogP contribution is 2.32. The number of halogens is 2. The van der Waals surface area contributed by atoms with E-state index in [4.69, 9.17) is 23.2 Å². The van der Waals surface area contributed by atoms with Gasteiger partial charge in [-0.3, -0.25) is 4.79 Å². The lowest BCUT2D eigenvalue weighted by molar-refractivity contribution is -0.120. The summed E-state index contributed by atoms with van der Waals surface area (Å²) in [6, 6.07) is 5.93. The highest BCUT2D eigenvalue weighted by Gasteiger charge is 2.50. The minimum Gasteiger partial charge on any atom is -0.347 e. The second kappa shape index (κ2) is 6.93. The van der Waals surface area contributed by atoms with Crippen molar-refractivity contribution in [3.8, 4) is 0 Å². The lowest BCUT2D eigenvalue weighted by Gasteiger charge is -2.49. The topological polar surface area (TPSA) is 52.7 Å². The normalized spacial score (nSPS) is 22.5. The molecule has 140 valence electrons. The maximum Gasteiger partial charge on any atom is 0.320 e. The summed E-state index contributed by atoms with van der Waals surface area (Å²) in [6.45, 7) is 2.89. The summed E-state index contributed by atoms with van der Waals surface area (Å²) in [4.78, 5) is 27.9. The van der Waals surface area contributed by atoms with Gasteiger partial charge < -0.3 is 15.1 Å². The van der Waals surface area contributed by atoms with E-state index in [1.807, 2.05) is 28.0 Å². The molecule has 4 rings (SSSR count). The number of piperidine rings is 1. The Morgan fingerprint density at radius 1 is 1.15 bits per heavy atom. The molecule has 1 N–H and O–H groups in total. The standard InChI is InChI=1S/C19H23Cl2N3O2/c20-15-2-1-14(10-16(15)21)9-13-4-7-23(8-5-13)18(26)24-11-19(12-24)6-3-17(25)22-19/h1-2,10,13H,3-9,11-12H2,(H,22,25). The zero-order valence-corrected chi connectivity index (χ0v) is 16.2. The summed E-state index contributed by atoms with van der Waals surface area (Å²) in [6.07, 6.45) is 4.41. The third-order valence-electron chi connectivity index (χ3n) is 5.89. The van der Waals surface area contributed by atoms with Gasteiger partial charge in [0, 0.05) is 32.6 Å². The van der Waals surface area contributed by atoms with E-state index >= 15 is 0 Å². The van der Waals surface area contributed by atoms with Gasteiger partial charge in [-0.25, -0.2) is 4.79 Å². The molecule has 3 fully saturated rings. The van der Waals surface area contributed by atoms with Crippen molar-refractivity contribution >= 4 is 35.1 Å². The van der Waals surface area contributed by atoms with Crippen molar-refractivity contribution in [2.75, 3.05) is 26.2 Å². The van der Waals surface area contributed by atoms with Gasteiger partial charge in [0.2, 0.25) is 5.91 Å². The molecule has 3 heterocycles. The molecule has 0 saturated carbocycles. The number of carbonyl (C=O) groups excluding carboxylic acids is 2. The predicted molar refractivity (Wildman–Crippen MR) is 102 cm³/mol. The average molecular weight is 396 g/mol. The quantitative estimate of drug-likeness (QED) is 0.834. The van der Waals surface area contributed by atoms with Crippen molar-refractivity contribution in [2.45, 2.75) is 37.6 Å². The second-order valence-electron chi connectivity index (χ2n) is 7.85. The summed E-state index contributed by atoms with van der Waals surface area (Å²) in [5, 5.41) is 4.21. The molecule has 5 nitrogen and oxygen atoms in total. The first-order valence-corrected chi connectivity index (χ1v) is 9.98. The molecule has 0 bridgehead atoms. The van der Waals surface area contributed by atoms with Crippen LogP contribution in [0, 0.1) is 5.92 Å². The third kappa shape index (κ3) is 3.52. The van der Waals surface area contributed by atoms with Crippen LogP contribution in [0.4, 0.5) is 4.79 Å². The molecule has 3 aliphatic rings. The average Bonchev–Trinajstić information content (AvgIpc) is 2.99. The molecule has 0 aromatic heterocycles. The minimum atomic E-state index is -0.140. The van der Waals surface area contributed by atoms with Crippen molar-refractivity contribution < 1.29 is 9.59 Å². The largest absolute Gasteiger partial charge is 0.347 e. The van der Waals surface area contributed by atoms with E-state index in [2.05, 4.69) is 5.32 Å². The summed E-state index contributed by atoms with van der Waals surface area (Å²) >= 11 is 12.1. The van der Waals surface area contributed by atoms with Gasteiger partial charge in [-0.1, -0.05) is 29.3 Å². The number of urea groups is 1. The number of nitrogens with one attached hydrogen (secondary N) is 1. The van der Waals surface area contributed by atoms with E-state index in [9.17, 15) is 9.59 Å². The highest BCUT2D eigenvalue weighted by molar-refractivity contribution is 6.42. The van der Waals surface area contributed by atoms with Crippen molar-refractivity contribution in [3.05, 3.63) is 33.8 Å². The smallest absolute Gasteiger partial charge is 0.320 e. The lowest BCUT2D eigenvalue weighted by Crippen LogP contribution is -2.70. The van der Waals surface area contributed by atoms with E-state index in [-0.39, 0.29) is 17.5 Å². The number of nitrogens with zero attached hydrogens (tertiary/aromatic N) is 2. The molecule has 3 saturated heterocycles. The summed E-state index contributed by atoms with van der Waals surface area (Å²) in [5.41, 5.74) is 1.06. The Kier molecular flexibility index (Phi) is 4.78. The van der Waals surface area contributed by atoms with Gasteiger partial charge in [0.15, 0.2) is 0 Å². The van der Waals surface area contributed by atoms with Crippen LogP contribution in [0.5, 0.6) is 0 Å². The Bertz CT molecular complexity index is 725. The molecule has 3 aliphatic heterocycles. The Labute approximate surface area is 163 Å². The molecular weight excluding hydrogens is 373 g/mol. The molecule has 26 heavy (non-hydrogen) atoms. The molecule has 1 spiro atoms. The van der Waals surface area contributed by atoms with Crippen LogP contribution < -0.4 is 5.32 Å². The van der Waals surface area contributed by atoms with Crippen LogP contribution >= 0.6 is 23.2 Å². The Balaban J connectivity index is 1.25. The fraction of sp³-hybridized carbons (Fsp3) is 0.579. The fourth-order valence-electron chi connectivity index (χ4n) is 4.36. The summed E-state index contributed by atoms with van der Waals surface area (Å²) in [5.74, 6) is 0.674. The maximum atomic E-state index is 12.7. The lowest BCUT2D eigenvalue weighted by atomic mass is 9.88. The van der Waals surface area contributed by atoms with E-state index in [1.54, 1.807) is 0 Å². The van der Waals surface area contributed by atoms with Crippen LogP contribution in [0.15, 0.2) is 18.2 Å². The monoisotopic (exact) mass is 395 g/mol. The number of amides is 3. The molecule has 0 radical (unpaired) electrons. The van der Waals surface area contributed by atoms with Gasteiger partial charge in [-0.15, -0.1) is 0 Å². The molecule has 7 heteroatoms. The number of rotatable bonds is 2. The molecule has 0 atom stereocenters. The Morgan fingerprint density at radius 2 is 1.88 bits per heavy atom. The zero-order valence-electron chi connectivity index (χ0n) is 14.6. The first-order chi connectivity index (χ1) is 12.4. The Morgan fingerprint density at radius 3 is 2.50 bits per heavy atom. The number of hydrogen-bond donors (Lipinski definition) is 1. The zero-order chi connectivity index (χ0) is 18.3. The van der Waals surface area contributed by atoms with Gasteiger partial charge in [0.05, 0.1) is 15.6 Å². The molecule has 1 aromatic rings.